The molecule has 1 saturated heterocycles. The Morgan fingerprint density at radius 3 is 2.27 bits per heavy atom. The van der Waals surface area contributed by atoms with Crippen LogP contribution in [0.2, 0.25) is 0 Å². The van der Waals surface area contributed by atoms with E-state index in [9.17, 15) is 4.79 Å². The molecule has 1 aliphatic carbocycles. The molecule has 76 valence electrons. The van der Waals surface area contributed by atoms with Gasteiger partial charge in [0.25, 0.3) is 5.91 Å². The molecule has 1 aliphatic heterocycles. The van der Waals surface area contributed by atoms with E-state index < -0.39 is 5.54 Å². The summed E-state index contributed by atoms with van der Waals surface area (Å²) >= 11 is 4.97. The van der Waals surface area contributed by atoms with Gasteiger partial charge < -0.3 is 10.6 Å². The lowest BCUT2D eigenvalue weighted by atomic mass is 9.96. The summed E-state index contributed by atoms with van der Waals surface area (Å²) in [5, 5.41) is 6.21. The van der Waals surface area contributed by atoms with Crippen LogP contribution in [0.15, 0.2) is 24.3 Å². The van der Waals surface area contributed by atoms with Crippen molar-refractivity contribution in [2.45, 2.75) is 18.4 Å². The number of carbonyl (C=O) groups is 1. The number of fused-ring (bicyclic) bond motifs is 1. The number of benzene rings is 1. The van der Waals surface area contributed by atoms with Crippen molar-refractivity contribution in [1.82, 2.24) is 10.6 Å². The zero-order chi connectivity index (χ0) is 10.5. The Balaban J connectivity index is 2.01. The Morgan fingerprint density at radius 2 is 1.80 bits per heavy atom. The normalized spacial score (nSPS) is 21.3. The molecule has 4 heteroatoms. The highest BCUT2D eigenvalue weighted by Crippen LogP contribution is 2.31. The monoisotopic (exact) mass is 218 g/mol. The van der Waals surface area contributed by atoms with E-state index >= 15 is 0 Å². The Hall–Kier alpha value is -1.42. The van der Waals surface area contributed by atoms with Crippen LogP contribution < -0.4 is 10.6 Å². The molecule has 0 bridgehead atoms. The fraction of sp³-hybridized carbons (Fsp3) is 0.273. The first-order valence-electron chi connectivity index (χ1n) is 4.90. The van der Waals surface area contributed by atoms with Gasteiger partial charge >= 0.3 is 0 Å². The van der Waals surface area contributed by atoms with Crippen molar-refractivity contribution in [3.05, 3.63) is 35.4 Å². The summed E-state index contributed by atoms with van der Waals surface area (Å²) in [6.45, 7) is 0. The molecule has 1 aromatic rings. The topological polar surface area (TPSA) is 41.1 Å². The highest BCUT2D eigenvalue weighted by molar-refractivity contribution is 7.80. The first-order chi connectivity index (χ1) is 7.20. The van der Waals surface area contributed by atoms with Crippen LogP contribution in [0, 0.1) is 0 Å². The fourth-order valence-electron chi connectivity index (χ4n) is 2.39. The van der Waals surface area contributed by atoms with Crippen molar-refractivity contribution in [2.24, 2.45) is 0 Å². The van der Waals surface area contributed by atoms with Crippen molar-refractivity contribution < 1.29 is 4.79 Å². The molecule has 2 N–H and O–H groups in total. The van der Waals surface area contributed by atoms with Gasteiger partial charge in [0.1, 0.15) is 5.54 Å². The van der Waals surface area contributed by atoms with Crippen LogP contribution in [0.1, 0.15) is 11.1 Å². The van der Waals surface area contributed by atoms with Crippen LogP contribution in [0.25, 0.3) is 0 Å². The standard InChI is InChI=1S/C11H10N2OS/c14-9-11(13-10(15)12-9)5-7-3-1-2-4-8(7)6-11/h1-4H,5-6H2,(H2,12,13,14,15). The number of thiocarbonyl (C=S) groups is 1. The van der Waals surface area contributed by atoms with E-state index in [2.05, 4.69) is 22.8 Å². The molecule has 1 heterocycles. The summed E-state index contributed by atoms with van der Waals surface area (Å²) in [5.74, 6) is 0.00343. The number of hydrogen-bond acceptors (Lipinski definition) is 2. The van der Waals surface area contributed by atoms with E-state index in [0.717, 1.165) is 12.8 Å². The van der Waals surface area contributed by atoms with Crippen molar-refractivity contribution >= 4 is 23.2 Å². The second-order valence-corrected chi connectivity index (χ2v) is 4.52. The van der Waals surface area contributed by atoms with Crippen LogP contribution in [-0.2, 0) is 17.6 Å². The Kier molecular flexibility index (Phi) is 1.65. The van der Waals surface area contributed by atoms with Gasteiger partial charge in [0, 0.05) is 12.8 Å². The smallest absolute Gasteiger partial charge is 0.252 e. The number of amides is 1. The maximum absolute atomic E-state index is 11.8. The third kappa shape index (κ3) is 1.18. The van der Waals surface area contributed by atoms with Crippen molar-refractivity contribution in [1.29, 1.82) is 0 Å². The Bertz CT molecular complexity index is 444. The van der Waals surface area contributed by atoms with E-state index in [4.69, 9.17) is 12.2 Å². The van der Waals surface area contributed by atoms with Gasteiger partial charge in [0.05, 0.1) is 0 Å². The summed E-state index contributed by atoms with van der Waals surface area (Å²) < 4.78 is 0. The van der Waals surface area contributed by atoms with E-state index in [1.165, 1.54) is 11.1 Å². The second-order valence-electron chi connectivity index (χ2n) is 4.11. The van der Waals surface area contributed by atoms with Crippen LogP contribution in [-0.4, -0.2) is 16.6 Å². The lowest BCUT2D eigenvalue weighted by Crippen LogP contribution is -2.47. The molecule has 0 atom stereocenters. The van der Waals surface area contributed by atoms with E-state index in [1.54, 1.807) is 0 Å². The van der Waals surface area contributed by atoms with Crippen LogP contribution in [0.4, 0.5) is 0 Å². The third-order valence-electron chi connectivity index (χ3n) is 3.12. The predicted molar refractivity (Wildman–Crippen MR) is 60.5 cm³/mol. The molecule has 3 rings (SSSR count). The number of rotatable bonds is 0. The van der Waals surface area contributed by atoms with Gasteiger partial charge in [-0.15, -0.1) is 0 Å². The molecule has 1 aromatic carbocycles. The lowest BCUT2D eigenvalue weighted by molar-refractivity contribution is -0.123. The van der Waals surface area contributed by atoms with E-state index in [1.807, 2.05) is 12.1 Å². The zero-order valence-corrected chi connectivity index (χ0v) is 8.86. The van der Waals surface area contributed by atoms with Crippen molar-refractivity contribution in [2.75, 3.05) is 0 Å². The summed E-state index contributed by atoms with van der Waals surface area (Å²) in [6.07, 6.45) is 1.46. The molecule has 3 nitrogen and oxygen atoms in total. The largest absolute Gasteiger partial charge is 0.348 e. The third-order valence-corrected chi connectivity index (χ3v) is 3.32. The first-order valence-corrected chi connectivity index (χ1v) is 5.31. The van der Waals surface area contributed by atoms with Gasteiger partial charge in [0.15, 0.2) is 5.11 Å². The average Bonchev–Trinajstić information content (AvgIpc) is 2.67. The van der Waals surface area contributed by atoms with Crippen molar-refractivity contribution in [3.63, 3.8) is 0 Å². The number of nitrogens with one attached hydrogen (secondary N) is 2. The molecule has 15 heavy (non-hydrogen) atoms. The van der Waals surface area contributed by atoms with Crippen molar-refractivity contribution in [3.8, 4) is 0 Å². The summed E-state index contributed by atoms with van der Waals surface area (Å²) in [5.41, 5.74) is 1.97. The maximum Gasteiger partial charge on any atom is 0.252 e. The molecular formula is C11H10N2OS. The summed E-state index contributed by atoms with van der Waals surface area (Å²) in [6, 6.07) is 8.15. The number of hydrogen-bond donors (Lipinski definition) is 2. The molecule has 1 spiro atoms. The molecule has 0 aromatic heterocycles. The molecule has 0 radical (unpaired) electrons. The van der Waals surface area contributed by atoms with Gasteiger partial charge in [-0.3, -0.25) is 4.79 Å². The van der Waals surface area contributed by atoms with E-state index in [-0.39, 0.29) is 5.91 Å². The van der Waals surface area contributed by atoms with E-state index in [0.29, 0.717) is 5.11 Å². The molecule has 0 unspecified atom stereocenters. The highest BCUT2D eigenvalue weighted by Gasteiger charge is 2.48. The highest BCUT2D eigenvalue weighted by atomic mass is 32.1. The minimum absolute atomic E-state index is 0.00343. The SMILES string of the molecule is O=C1NC(=S)NC12Cc1ccccc1C2. The van der Waals surface area contributed by atoms with Gasteiger partial charge in [-0.2, -0.15) is 0 Å². The fourth-order valence-corrected chi connectivity index (χ4v) is 2.68. The van der Waals surface area contributed by atoms with Crippen LogP contribution in [0.3, 0.4) is 0 Å². The lowest BCUT2D eigenvalue weighted by Gasteiger charge is -2.18. The molecule has 0 saturated carbocycles. The quantitative estimate of drug-likeness (QED) is 0.624. The molecular weight excluding hydrogens is 208 g/mol. The summed E-state index contributed by atoms with van der Waals surface area (Å²) in [7, 11) is 0. The van der Waals surface area contributed by atoms with Gasteiger partial charge in [-0.1, -0.05) is 24.3 Å². The summed E-state index contributed by atoms with van der Waals surface area (Å²) in [4.78, 5) is 11.8. The van der Waals surface area contributed by atoms with Gasteiger partial charge in [0.2, 0.25) is 0 Å². The zero-order valence-electron chi connectivity index (χ0n) is 8.04. The minimum Gasteiger partial charge on any atom is -0.348 e. The second kappa shape index (κ2) is 2.79. The Labute approximate surface area is 92.9 Å². The molecule has 2 aliphatic rings. The molecule has 1 fully saturated rings. The van der Waals surface area contributed by atoms with Crippen LogP contribution in [0.5, 0.6) is 0 Å². The first kappa shape index (κ1) is 8.85. The number of carbonyl (C=O) groups excluding carboxylic acids is 1. The van der Waals surface area contributed by atoms with Crippen LogP contribution >= 0.6 is 12.2 Å². The van der Waals surface area contributed by atoms with Gasteiger partial charge in [-0.05, 0) is 23.3 Å². The van der Waals surface area contributed by atoms with Gasteiger partial charge in [-0.25, -0.2) is 0 Å². The average molecular weight is 218 g/mol. The maximum atomic E-state index is 11.8. The Morgan fingerprint density at radius 1 is 1.20 bits per heavy atom. The molecule has 1 amide bonds. The predicted octanol–water partition coefficient (Wildman–Crippen LogP) is 0.528. The minimum atomic E-state index is -0.513.